The molecule has 0 saturated heterocycles. The van der Waals surface area contributed by atoms with Crippen molar-refractivity contribution in [2.75, 3.05) is 6.61 Å². The lowest BCUT2D eigenvalue weighted by Gasteiger charge is -2.06. The molecule has 4 heteroatoms. The lowest BCUT2D eigenvalue weighted by molar-refractivity contribution is 0.340. The average Bonchev–Trinajstić information content (AvgIpc) is 1.96. The SMILES string of the molecule is CCOc1c(Cl)cc(F)cc1Cl. The van der Waals surface area contributed by atoms with Gasteiger partial charge < -0.3 is 4.74 Å². The number of hydrogen-bond donors (Lipinski definition) is 0. The van der Waals surface area contributed by atoms with E-state index in [0.29, 0.717) is 12.4 Å². The third-order valence-electron chi connectivity index (χ3n) is 1.25. The molecule has 0 spiro atoms. The molecule has 12 heavy (non-hydrogen) atoms. The predicted octanol–water partition coefficient (Wildman–Crippen LogP) is 3.53. The van der Waals surface area contributed by atoms with Crippen LogP contribution in [0.2, 0.25) is 10.0 Å². The van der Waals surface area contributed by atoms with Crippen LogP contribution < -0.4 is 4.74 Å². The van der Waals surface area contributed by atoms with Crippen molar-refractivity contribution in [3.05, 3.63) is 28.0 Å². The zero-order valence-corrected chi connectivity index (χ0v) is 7.92. The zero-order valence-electron chi connectivity index (χ0n) is 6.40. The summed E-state index contributed by atoms with van der Waals surface area (Å²) in [6, 6.07) is 2.33. The van der Waals surface area contributed by atoms with Gasteiger partial charge in [0.15, 0.2) is 5.75 Å². The van der Waals surface area contributed by atoms with Crippen LogP contribution >= 0.6 is 23.2 Å². The Morgan fingerprint density at radius 1 is 1.33 bits per heavy atom. The van der Waals surface area contributed by atoms with E-state index in [-0.39, 0.29) is 10.0 Å². The molecular weight excluding hydrogens is 202 g/mol. The second-order valence-corrected chi connectivity index (χ2v) is 2.95. The first-order valence-corrected chi connectivity index (χ1v) is 4.18. The second-order valence-electron chi connectivity index (χ2n) is 2.13. The number of halogens is 3. The molecule has 1 aromatic carbocycles. The van der Waals surface area contributed by atoms with Gasteiger partial charge in [0, 0.05) is 0 Å². The summed E-state index contributed by atoms with van der Waals surface area (Å²) in [5.41, 5.74) is 0. The summed E-state index contributed by atoms with van der Waals surface area (Å²) < 4.78 is 17.7. The molecule has 1 aromatic rings. The van der Waals surface area contributed by atoms with Gasteiger partial charge in [-0.3, -0.25) is 0 Å². The zero-order chi connectivity index (χ0) is 9.14. The fraction of sp³-hybridized carbons (Fsp3) is 0.250. The molecule has 0 saturated carbocycles. The largest absolute Gasteiger partial charge is 0.491 e. The summed E-state index contributed by atoms with van der Waals surface area (Å²) in [6.07, 6.45) is 0. The molecule has 0 fully saturated rings. The molecule has 1 rings (SSSR count). The van der Waals surface area contributed by atoms with E-state index in [2.05, 4.69) is 0 Å². The van der Waals surface area contributed by atoms with E-state index in [1.807, 2.05) is 0 Å². The van der Waals surface area contributed by atoms with Crippen LogP contribution in [0, 0.1) is 5.82 Å². The van der Waals surface area contributed by atoms with Crippen molar-refractivity contribution in [3.8, 4) is 5.75 Å². The molecule has 0 N–H and O–H groups in total. The Balaban J connectivity index is 3.10. The first-order valence-electron chi connectivity index (χ1n) is 3.42. The minimum Gasteiger partial charge on any atom is -0.491 e. The summed E-state index contributed by atoms with van der Waals surface area (Å²) in [5, 5.41) is 0.392. The number of ether oxygens (including phenoxy) is 1. The van der Waals surface area contributed by atoms with Gasteiger partial charge in [0.05, 0.1) is 16.7 Å². The Labute approximate surface area is 80.0 Å². The van der Waals surface area contributed by atoms with Gasteiger partial charge in [-0.15, -0.1) is 0 Å². The highest BCUT2D eigenvalue weighted by Gasteiger charge is 2.08. The van der Waals surface area contributed by atoms with E-state index < -0.39 is 5.82 Å². The van der Waals surface area contributed by atoms with Crippen molar-refractivity contribution in [3.63, 3.8) is 0 Å². The van der Waals surface area contributed by atoms with Crippen molar-refractivity contribution < 1.29 is 9.13 Å². The molecule has 66 valence electrons. The van der Waals surface area contributed by atoms with E-state index >= 15 is 0 Å². The molecule has 1 nitrogen and oxygen atoms in total. The highest BCUT2D eigenvalue weighted by molar-refractivity contribution is 6.37. The second kappa shape index (κ2) is 3.97. The maximum absolute atomic E-state index is 12.6. The van der Waals surface area contributed by atoms with Crippen molar-refractivity contribution in [2.45, 2.75) is 6.92 Å². The molecule has 0 unspecified atom stereocenters. The van der Waals surface area contributed by atoms with E-state index in [1.54, 1.807) is 6.92 Å². The smallest absolute Gasteiger partial charge is 0.156 e. The Hall–Kier alpha value is -0.470. The van der Waals surface area contributed by atoms with E-state index in [0.717, 1.165) is 0 Å². The maximum Gasteiger partial charge on any atom is 0.156 e. The fourth-order valence-electron chi connectivity index (χ4n) is 0.811. The topological polar surface area (TPSA) is 9.23 Å². The summed E-state index contributed by atoms with van der Waals surface area (Å²) in [7, 11) is 0. The van der Waals surface area contributed by atoms with Crippen LogP contribution in [-0.4, -0.2) is 6.61 Å². The van der Waals surface area contributed by atoms with Gasteiger partial charge in [-0.1, -0.05) is 23.2 Å². The third-order valence-corrected chi connectivity index (χ3v) is 1.81. The predicted molar refractivity (Wildman–Crippen MR) is 47.6 cm³/mol. The number of benzene rings is 1. The summed E-state index contributed by atoms with van der Waals surface area (Å²) in [4.78, 5) is 0. The average molecular weight is 209 g/mol. The summed E-state index contributed by atoms with van der Waals surface area (Å²) in [5.74, 6) is -0.129. The quantitative estimate of drug-likeness (QED) is 0.723. The van der Waals surface area contributed by atoms with Crippen LogP contribution in [0.4, 0.5) is 4.39 Å². The molecule has 0 aliphatic heterocycles. The Morgan fingerprint density at radius 3 is 2.25 bits per heavy atom. The van der Waals surface area contributed by atoms with Crippen LogP contribution in [0.15, 0.2) is 12.1 Å². The van der Waals surface area contributed by atoms with Crippen LogP contribution in [0.1, 0.15) is 6.92 Å². The molecule has 0 aliphatic carbocycles. The molecule has 0 radical (unpaired) electrons. The lowest BCUT2D eigenvalue weighted by atomic mass is 10.3. The number of rotatable bonds is 2. The molecular formula is C8H7Cl2FO. The minimum atomic E-state index is -0.464. The van der Waals surface area contributed by atoms with E-state index in [1.165, 1.54) is 12.1 Å². The fourth-order valence-corrected chi connectivity index (χ4v) is 1.38. The molecule has 0 heterocycles. The maximum atomic E-state index is 12.6. The Bertz CT molecular complexity index is 265. The summed E-state index contributed by atoms with van der Waals surface area (Å²) >= 11 is 11.3. The van der Waals surface area contributed by atoms with Crippen molar-refractivity contribution in [1.29, 1.82) is 0 Å². The van der Waals surface area contributed by atoms with Crippen LogP contribution in [0.5, 0.6) is 5.75 Å². The molecule has 0 amide bonds. The first-order chi connectivity index (χ1) is 5.65. The Kier molecular flexibility index (Phi) is 3.18. The van der Waals surface area contributed by atoms with Gasteiger partial charge in [0.1, 0.15) is 5.82 Å². The van der Waals surface area contributed by atoms with Crippen molar-refractivity contribution in [2.24, 2.45) is 0 Å². The van der Waals surface area contributed by atoms with Gasteiger partial charge in [0.25, 0.3) is 0 Å². The van der Waals surface area contributed by atoms with Gasteiger partial charge >= 0.3 is 0 Å². The van der Waals surface area contributed by atoms with E-state index in [9.17, 15) is 4.39 Å². The molecule has 0 bridgehead atoms. The summed E-state index contributed by atoms with van der Waals surface area (Å²) in [6.45, 7) is 2.25. The first kappa shape index (κ1) is 9.62. The molecule has 0 atom stereocenters. The minimum absolute atomic E-state index is 0.196. The molecule has 0 aliphatic rings. The van der Waals surface area contributed by atoms with Gasteiger partial charge in [-0.05, 0) is 19.1 Å². The van der Waals surface area contributed by atoms with Gasteiger partial charge in [-0.2, -0.15) is 0 Å². The lowest BCUT2D eigenvalue weighted by Crippen LogP contribution is -1.93. The highest BCUT2D eigenvalue weighted by atomic mass is 35.5. The van der Waals surface area contributed by atoms with Crippen LogP contribution in [0.25, 0.3) is 0 Å². The monoisotopic (exact) mass is 208 g/mol. The van der Waals surface area contributed by atoms with Crippen molar-refractivity contribution >= 4 is 23.2 Å². The van der Waals surface area contributed by atoms with Crippen LogP contribution in [-0.2, 0) is 0 Å². The van der Waals surface area contributed by atoms with Crippen molar-refractivity contribution in [1.82, 2.24) is 0 Å². The normalized spacial score (nSPS) is 10.0. The standard InChI is InChI=1S/C8H7Cl2FO/c1-2-12-8-6(9)3-5(11)4-7(8)10/h3-4H,2H2,1H3. The number of hydrogen-bond acceptors (Lipinski definition) is 1. The third kappa shape index (κ3) is 2.02. The van der Waals surface area contributed by atoms with Crippen LogP contribution in [0.3, 0.4) is 0 Å². The van der Waals surface area contributed by atoms with Gasteiger partial charge in [-0.25, -0.2) is 4.39 Å². The molecule has 0 aromatic heterocycles. The highest BCUT2D eigenvalue weighted by Crippen LogP contribution is 2.33. The van der Waals surface area contributed by atoms with Gasteiger partial charge in [0.2, 0.25) is 0 Å². The van der Waals surface area contributed by atoms with E-state index in [4.69, 9.17) is 27.9 Å². The Morgan fingerprint density at radius 2 is 1.83 bits per heavy atom.